The van der Waals surface area contributed by atoms with Crippen LogP contribution in [0.3, 0.4) is 0 Å². The van der Waals surface area contributed by atoms with Crippen LogP contribution in [0, 0.1) is 0 Å². The molecule has 0 aliphatic carbocycles. The van der Waals surface area contributed by atoms with Gasteiger partial charge in [-0.1, -0.05) is 41.9 Å². The molecular formula is C13H12ClNO. The summed E-state index contributed by atoms with van der Waals surface area (Å²) >= 11 is 5.75. The lowest BCUT2D eigenvalue weighted by Gasteiger charge is -2.08. The summed E-state index contributed by atoms with van der Waals surface area (Å²) in [6, 6.07) is 15.0. The van der Waals surface area contributed by atoms with Crippen LogP contribution in [0.4, 0.5) is 5.69 Å². The Morgan fingerprint density at radius 2 is 1.81 bits per heavy atom. The Balaban J connectivity index is 2.05. The van der Waals surface area contributed by atoms with Crippen LogP contribution in [-0.2, 0) is 6.54 Å². The van der Waals surface area contributed by atoms with E-state index < -0.39 is 0 Å². The Morgan fingerprint density at radius 3 is 2.50 bits per heavy atom. The molecule has 2 rings (SSSR count). The van der Waals surface area contributed by atoms with Gasteiger partial charge >= 0.3 is 0 Å². The van der Waals surface area contributed by atoms with E-state index in [-0.39, 0.29) is 5.75 Å². The van der Waals surface area contributed by atoms with Crippen LogP contribution in [0.25, 0.3) is 0 Å². The van der Waals surface area contributed by atoms with E-state index in [4.69, 9.17) is 11.6 Å². The van der Waals surface area contributed by atoms with Gasteiger partial charge in [0, 0.05) is 17.6 Å². The number of nitrogens with one attached hydrogen (secondary N) is 1. The second kappa shape index (κ2) is 4.90. The van der Waals surface area contributed by atoms with Gasteiger partial charge in [0.05, 0.1) is 5.69 Å². The normalized spacial score (nSPS) is 10.1. The Bertz CT molecular complexity index is 471. The highest BCUT2D eigenvalue weighted by atomic mass is 35.5. The van der Waals surface area contributed by atoms with Crippen LogP contribution in [0.5, 0.6) is 5.75 Å². The lowest BCUT2D eigenvalue weighted by atomic mass is 10.2. The van der Waals surface area contributed by atoms with Crippen molar-refractivity contribution in [3.05, 3.63) is 59.1 Å². The number of phenols is 1. The van der Waals surface area contributed by atoms with Gasteiger partial charge in [-0.3, -0.25) is 0 Å². The van der Waals surface area contributed by atoms with E-state index in [0.29, 0.717) is 17.3 Å². The zero-order chi connectivity index (χ0) is 11.4. The molecule has 2 N–H and O–H groups in total. The average Bonchev–Trinajstić information content (AvgIpc) is 2.29. The average molecular weight is 234 g/mol. The van der Waals surface area contributed by atoms with Crippen molar-refractivity contribution in [2.45, 2.75) is 6.54 Å². The molecule has 2 nitrogen and oxygen atoms in total. The molecule has 0 heterocycles. The molecule has 0 fully saturated rings. The molecule has 0 atom stereocenters. The minimum Gasteiger partial charge on any atom is -0.506 e. The van der Waals surface area contributed by atoms with Crippen molar-refractivity contribution in [3.63, 3.8) is 0 Å². The minimum absolute atomic E-state index is 0.170. The summed E-state index contributed by atoms with van der Waals surface area (Å²) < 4.78 is 0. The molecule has 0 bridgehead atoms. The van der Waals surface area contributed by atoms with Gasteiger partial charge in [0.25, 0.3) is 0 Å². The SMILES string of the molecule is Oc1cc(Cl)ccc1NCc1ccccc1. The summed E-state index contributed by atoms with van der Waals surface area (Å²) in [5.41, 5.74) is 1.85. The predicted octanol–water partition coefficient (Wildman–Crippen LogP) is 3.66. The van der Waals surface area contributed by atoms with E-state index in [0.717, 1.165) is 5.56 Å². The summed E-state index contributed by atoms with van der Waals surface area (Å²) in [6.45, 7) is 0.677. The highest BCUT2D eigenvalue weighted by molar-refractivity contribution is 6.30. The van der Waals surface area contributed by atoms with Crippen molar-refractivity contribution in [2.24, 2.45) is 0 Å². The summed E-state index contributed by atoms with van der Waals surface area (Å²) in [4.78, 5) is 0. The molecule has 0 amide bonds. The second-order valence-electron chi connectivity index (χ2n) is 3.50. The zero-order valence-corrected chi connectivity index (χ0v) is 9.41. The van der Waals surface area contributed by atoms with E-state index in [9.17, 15) is 5.11 Å². The fourth-order valence-electron chi connectivity index (χ4n) is 1.45. The number of hydrogen-bond donors (Lipinski definition) is 2. The molecule has 16 heavy (non-hydrogen) atoms. The molecule has 2 aromatic rings. The maximum atomic E-state index is 9.62. The van der Waals surface area contributed by atoms with Gasteiger partial charge in [-0.25, -0.2) is 0 Å². The molecule has 0 radical (unpaired) electrons. The Hall–Kier alpha value is -1.67. The second-order valence-corrected chi connectivity index (χ2v) is 3.94. The third-order valence-electron chi connectivity index (χ3n) is 2.29. The molecule has 0 spiro atoms. The first kappa shape index (κ1) is 10.8. The monoisotopic (exact) mass is 233 g/mol. The van der Waals surface area contributed by atoms with Gasteiger partial charge in [0.1, 0.15) is 5.75 Å². The Morgan fingerprint density at radius 1 is 1.06 bits per heavy atom. The van der Waals surface area contributed by atoms with E-state index in [1.165, 1.54) is 6.07 Å². The van der Waals surface area contributed by atoms with Crippen LogP contribution >= 0.6 is 11.6 Å². The fraction of sp³-hybridized carbons (Fsp3) is 0.0769. The van der Waals surface area contributed by atoms with Crippen LogP contribution in [0.15, 0.2) is 48.5 Å². The van der Waals surface area contributed by atoms with Crippen LogP contribution in [0.2, 0.25) is 5.02 Å². The molecule has 2 aromatic carbocycles. The van der Waals surface area contributed by atoms with Gasteiger partial charge in [0.2, 0.25) is 0 Å². The van der Waals surface area contributed by atoms with Gasteiger partial charge in [-0.15, -0.1) is 0 Å². The summed E-state index contributed by atoms with van der Waals surface area (Å²) in [5, 5.41) is 13.3. The van der Waals surface area contributed by atoms with Crippen LogP contribution in [0.1, 0.15) is 5.56 Å². The Kier molecular flexibility index (Phi) is 3.32. The van der Waals surface area contributed by atoms with Crippen molar-refractivity contribution in [1.82, 2.24) is 0 Å². The molecular weight excluding hydrogens is 222 g/mol. The first-order chi connectivity index (χ1) is 7.75. The molecule has 0 unspecified atom stereocenters. The van der Waals surface area contributed by atoms with E-state index in [2.05, 4.69) is 5.32 Å². The van der Waals surface area contributed by atoms with Crippen LogP contribution in [-0.4, -0.2) is 5.11 Å². The van der Waals surface area contributed by atoms with E-state index in [1.54, 1.807) is 12.1 Å². The third kappa shape index (κ3) is 2.67. The van der Waals surface area contributed by atoms with Gasteiger partial charge in [-0.05, 0) is 17.7 Å². The lowest BCUT2D eigenvalue weighted by Crippen LogP contribution is -1.98. The predicted molar refractivity (Wildman–Crippen MR) is 66.9 cm³/mol. The van der Waals surface area contributed by atoms with E-state index >= 15 is 0 Å². The topological polar surface area (TPSA) is 32.3 Å². The van der Waals surface area contributed by atoms with Crippen molar-refractivity contribution in [2.75, 3.05) is 5.32 Å². The van der Waals surface area contributed by atoms with Crippen LogP contribution < -0.4 is 5.32 Å². The summed E-state index contributed by atoms with van der Waals surface area (Å²) in [7, 11) is 0. The maximum absolute atomic E-state index is 9.62. The highest BCUT2D eigenvalue weighted by Gasteiger charge is 2.00. The fourth-order valence-corrected chi connectivity index (χ4v) is 1.61. The zero-order valence-electron chi connectivity index (χ0n) is 8.65. The minimum atomic E-state index is 0.170. The number of aromatic hydroxyl groups is 1. The first-order valence-electron chi connectivity index (χ1n) is 5.02. The lowest BCUT2D eigenvalue weighted by molar-refractivity contribution is 0.477. The molecule has 3 heteroatoms. The smallest absolute Gasteiger partial charge is 0.140 e. The summed E-state index contributed by atoms with van der Waals surface area (Å²) in [6.07, 6.45) is 0. The van der Waals surface area contributed by atoms with Crippen molar-refractivity contribution >= 4 is 17.3 Å². The molecule has 0 aliphatic rings. The largest absolute Gasteiger partial charge is 0.506 e. The van der Waals surface area contributed by atoms with Crippen molar-refractivity contribution in [1.29, 1.82) is 0 Å². The Labute approximate surface area is 99.5 Å². The van der Waals surface area contributed by atoms with E-state index in [1.807, 2.05) is 30.3 Å². The van der Waals surface area contributed by atoms with Gasteiger partial charge in [0.15, 0.2) is 0 Å². The third-order valence-corrected chi connectivity index (χ3v) is 2.52. The van der Waals surface area contributed by atoms with Gasteiger partial charge < -0.3 is 10.4 Å². The van der Waals surface area contributed by atoms with Crippen molar-refractivity contribution in [3.8, 4) is 5.75 Å². The molecule has 0 aromatic heterocycles. The van der Waals surface area contributed by atoms with Gasteiger partial charge in [-0.2, -0.15) is 0 Å². The maximum Gasteiger partial charge on any atom is 0.140 e. The standard InChI is InChI=1S/C13H12ClNO/c14-11-6-7-12(13(16)8-11)15-9-10-4-2-1-3-5-10/h1-8,15-16H,9H2. The highest BCUT2D eigenvalue weighted by Crippen LogP contribution is 2.26. The number of benzene rings is 2. The number of rotatable bonds is 3. The first-order valence-corrected chi connectivity index (χ1v) is 5.40. The molecule has 82 valence electrons. The summed E-state index contributed by atoms with van der Waals surface area (Å²) in [5.74, 6) is 0.170. The number of anilines is 1. The molecule has 0 saturated carbocycles. The number of phenolic OH excluding ortho intramolecular Hbond substituents is 1. The quantitative estimate of drug-likeness (QED) is 0.793. The number of halogens is 1. The molecule has 0 saturated heterocycles. The number of hydrogen-bond acceptors (Lipinski definition) is 2. The van der Waals surface area contributed by atoms with Crippen molar-refractivity contribution < 1.29 is 5.11 Å². The molecule has 0 aliphatic heterocycles.